The number of carbonyl (C=O) groups is 3. The maximum Gasteiger partial charge on any atom is 0.294 e. The maximum atomic E-state index is 12.5. The molecule has 1 aliphatic heterocycles. The Hall–Kier alpha value is -3.26. The summed E-state index contributed by atoms with van der Waals surface area (Å²) in [7, 11) is 0. The summed E-state index contributed by atoms with van der Waals surface area (Å²) in [5.41, 5.74) is 2.17. The van der Waals surface area contributed by atoms with Gasteiger partial charge in [-0.2, -0.15) is 0 Å². The van der Waals surface area contributed by atoms with Crippen molar-refractivity contribution in [3.05, 3.63) is 58.5 Å². The molecule has 0 bridgehead atoms. The normalized spacial score (nSPS) is 15.3. The number of phenols is 2. The monoisotopic (exact) mass is 398 g/mol. The molecule has 3 rings (SSSR count). The molecular weight excluding hydrogens is 380 g/mol. The molecule has 1 fully saturated rings. The number of imide groups is 1. The largest absolute Gasteiger partial charge is 0.504 e. The number of hydrogen-bond acceptors (Lipinski definition) is 6. The first kappa shape index (κ1) is 19.5. The Morgan fingerprint density at radius 3 is 2.46 bits per heavy atom. The molecule has 28 heavy (non-hydrogen) atoms. The lowest BCUT2D eigenvalue weighted by atomic mass is 10.1. The van der Waals surface area contributed by atoms with Crippen molar-refractivity contribution in [2.24, 2.45) is 0 Å². The number of hydrogen-bond donors (Lipinski definition) is 3. The van der Waals surface area contributed by atoms with E-state index in [9.17, 15) is 24.6 Å². The zero-order valence-electron chi connectivity index (χ0n) is 15.0. The molecule has 7 nitrogen and oxygen atoms in total. The maximum absolute atomic E-state index is 12.5. The number of carbonyl (C=O) groups excluding carboxylic acids is 3. The van der Waals surface area contributed by atoms with Crippen molar-refractivity contribution in [2.75, 3.05) is 11.9 Å². The van der Waals surface area contributed by atoms with Gasteiger partial charge in [-0.15, -0.1) is 0 Å². The predicted molar refractivity (Wildman–Crippen MR) is 107 cm³/mol. The van der Waals surface area contributed by atoms with Crippen LogP contribution in [0.15, 0.2) is 47.4 Å². The minimum Gasteiger partial charge on any atom is -0.504 e. The van der Waals surface area contributed by atoms with E-state index in [2.05, 4.69) is 5.32 Å². The Balaban J connectivity index is 1.68. The van der Waals surface area contributed by atoms with Crippen LogP contribution in [0.4, 0.5) is 10.5 Å². The molecule has 0 atom stereocenters. The van der Waals surface area contributed by atoms with Crippen molar-refractivity contribution in [3.63, 3.8) is 0 Å². The Kier molecular flexibility index (Phi) is 5.70. The highest BCUT2D eigenvalue weighted by Crippen LogP contribution is 2.33. The van der Waals surface area contributed by atoms with E-state index in [-0.39, 0.29) is 16.4 Å². The van der Waals surface area contributed by atoms with E-state index in [1.807, 2.05) is 19.1 Å². The number of thioether (sulfide) groups is 1. The average molecular weight is 398 g/mol. The fourth-order valence-corrected chi connectivity index (χ4v) is 3.42. The number of amides is 3. The summed E-state index contributed by atoms with van der Waals surface area (Å²) in [4.78, 5) is 37.8. The van der Waals surface area contributed by atoms with Gasteiger partial charge in [-0.1, -0.05) is 25.1 Å². The van der Waals surface area contributed by atoms with Gasteiger partial charge in [-0.25, -0.2) is 0 Å². The first-order valence-electron chi connectivity index (χ1n) is 8.53. The highest BCUT2D eigenvalue weighted by molar-refractivity contribution is 8.18. The van der Waals surface area contributed by atoms with Gasteiger partial charge in [0.1, 0.15) is 6.54 Å². The molecule has 1 heterocycles. The number of aromatic hydroxyl groups is 2. The van der Waals surface area contributed by atoms with Crippen LogP contribution in [-0.4, -0.2) is 38.7 Å². The molecule has 0 aliphatic carbocycles. The van der Waals surface area contributed by atoms with Crippen molar-refractivity contribution in [1.82, 2.24) is 4.90 Å². The van der Waals surface area contributed by atoms with Crippen LogP contribution in [0.5, 0.6) is 11.5 Å². The quantitative estimate of drug-likeness (QED) is 0.527. The standard InChI is InChI=1S/C20H18N2O5S/c1-2-12-3-6-14(7-4-12)21-18(25)11-22-19(26)17(28-20(22)27)10-13-5-8-15(23)16(24)9-13/h3-10,23-24H,2,11H2,1H3,(H,21,25)/b17-10+. The van der Waals surface area contributed by atoms with E-state index in [1.54, 1.807) is 12.1 Å². The number of phenolic OH excluding ortho intramolecular Hbond substituents is 2. The van der Waals surface area contributed by atoms with Crippen LogP contribution in [0.25, 0.3) is 6.08 Å². The smallest absolute Gasteiger partial charge is 0.294 e. The predicted octanol–water partition coefficient (Wildman–Crippen LogP) is 3.34. The third-order valence-electron chi connectivity index (χ3n) is 4.12. The molecule has 8 heteroatoms. The van der Waals surface area contributed by atoms with Gasteiger partial charge in [0.15, 0.2) is 11.5 Å². The molecule has 2 aromatic rings. The minimum absolute atomic E-state index is 0.134. The lowest BCUT2D eigenvalue weighted by molar-refractivity contribution is -0.127. The molecule has 0 unspecified atom stereocenters. The van der Waals surface area contributed by atoms with Gasteiger partial charge in [0.05, 0.1) is 4.91 Å². The Morgan fingerprint density at radius 2 is 1.82 bits per heavy atom. The highest BCUT2D eigenvalue weighted by Gasteiger charge is 2.36. The van der Waals surface area contributed by atoms with Crippen LogP contribution < -0.4 is 5.32 Å². The lowest BCUT2D eigenvalue weighted by Crippen LogP contribution is -2.36. The molecule has 2 aromatic carbocycles. The SMILES string of the molecule is CCc1ccc(NC(=O)CN2C(=O)S/C(=C/c3ccc(O)c(O)c3)C2=O)cc1. The first-order chi connectivity index (χ1) is 13.4. The fraction of sp³-hybridized carbons (Fsp3) is 0.150. The number of rotatable bonds is 5. The number of aryl methyl sites for hydroxylation is 1. The summed E-state index contributed by atoms with van der Waals surface area (Å²) in [6.07, 6.45) is 2.31. The molecule has 1 aliphatic rings. The number of nitrogens with one attached hydrogen (secondary N) is 1. The number of anilines is 1. The van der Waals surface area contributed by atoms with Crippen LogP contribution in [0.1, 0.15) is 18.1 Å². The van der Waals surface area contributed by atoms with Crippen molar-refractivity contribution in [3.8, 4) is 11.5 Å². The molecule has 3 N–H and O–H groups in total. The van der Waals surface area contributed by atoms with Gasteiger partial charge in [-0.3, -0.25) is 19.3 Å². The second-order valence-corrected chi connectivity index (χ2v) is 7.11. The zero-order valence-corrected chi connectivity index (χ0v) is 15.8. The molecular formula is C20H18N2O5S. The first-order valence-corrected chi connectivity index (χ1v) is 9.35. The highest BCUT2D eigenvalue weighted by atomic mass is 32.2. The fourth-order valence-electron chi connectivity index (χ4n) is 2.59. The van der Waals surface area contributed by atoms with Crippen molar-refractivity contribution in [2.45, 2.75) is 13.3 Å². The molecule has 1 saturated heterocycles. The van der Waals surface area contributed by atoms with E-state index in [0.29, 0.717) is 23.0 Å². The zero-order chi connectivity index (χ0) is 20.3. The van der Waals surface area contributed by atoms with Crippen LogP contribution >= 0.6 is 11.8 Å². The summed E-state index contributed by atoms with van der Waals surface area (Å²) in [5, 5.41) is 21.0. The Bertz CT molecular complexity index is 969. The summed E-state index contributed by atoms with van der Waals surface area (Å²) < 4.78 is 0. The molecule has 3 amide bonds. The number of nitrogens with zero attached hydrogens (tertiary/aromatic N) is 1. The Morgan fingerprint density at radius 1 is 1.11 bits per heavy atom. The van der Waals surface area contributed by atoms with Gasteiger partial charge in [0.2, 0.25) is 5.91 Å². The van der Waals surface area contributed by atoms with E-state index < -0.39 is 23.6 Å². The third-order valence-corrected chi connectivity index (χ3v) is 5.03. The van der Waals surface area contributed by atoms with Crippen LogP contribution in [0, 0.1) is 0 Å². The van der Waals surface area contributed by atoms with E-state index in [1.165, 1.54) is 24.3 Å². The van der Waals surface area contributed by atoms with E-state index in [4.69, 9.17) is 0 Å². The van der Waals surface area contributed by atoms with Gasteiger partial charge >= 0.3 is 0 Å². The van der Waals surface area contributed by atoms with Crippen molar-refractivity contribution < 1.29 is 24.6 Å². The molecule has 144 valence electrons. The lowest BCUT2D eigenvalue weighted by Gasteiger charge is -2.12. The third kappa shape index (κ3) is 4.34. The Labute approximate surface area is 165 Å². The van der Waals surface area contributed by atoms with Gasteiger partial charge in [0.25, 0.3) is 11.1 Å². The van der Waals surface area contributed by atoms with Crippen LogP contribution in [0.2, 0.25) is 0 Å². The summed E-state index contributed by atoms with van der Waals surface area (Å²) in [6, 6.07) is 11.4. The summed E-state index contributed by atoms with van der Waals surface area (Å²) >= 11 is 0.714. The van der Waals surface area contributed by atoms with Gasteiger partial charge in [0, 0.05) is 5.69 Å². The van der Waals surface area contributed by atoms with Gasteiger partial charge < -0.3 is 15.5 Å². The second-order valence-electron chi connectivity index (χ2n) is 6.11. The topological polar surface area (TPSA) is 107 Å². The van der Waals surface area contributed by atoms with Crippen LogP contribution in [-0.2, 0) is 16.0 Å². The molecule has 0 aromatic heterocycles. The summed E-state index contributed by atoms with van der Waals surface area (Å²) in [5.74, 6) is -1.68. The van der Waals surface area contributed by atoms with Crippen molar-refractivity contribution in [1.29, 1.82) is 0 Å². The van der Waals surface area contributed by atoms with E-state index >= 15 is 0 Å². The second kappa shape index (κ2) is 8.18. The van der Waals surface area contributed by atoms with E-state index in [0.717, 1.165) is 16.9 Å². The molecule has 0 saturated carbocycles. The van der Waals surface area contributed by atoms with Gasteiger partial charge in [-0.05, 0) is 59.7 Å². The van der Waals surface area contributed by atoms with Crippen LogP contribution in [0.3, 0.4) is 0 Å². The summed E-state index contributed by atoms with van der Waals surface area (Å²) in [6.45, 7) is 1.64. The molecule has 0 radical (unpaired) electrons. The molecule has 0 spiro atoms. The number of benzene rings is 2. The minimum atomic E-state index is -0.584. The van der Waals surface area contributed by atoms with Crippen molar-refractivity contribution >= 4 is 40.6 Å². The average Bonchev–Trinajstić information content (AvgIpc) is 2.92.